The van der Waals surface area contributed by atoms with Crippen LogP contribution in [0.25, 0.3) is 0 Å². The van der Waals surface area contributed by atoms with Crippen molar-refractivity contribution >= 4 is 17.6 Å². The van der Waals surface area contributed by atoms with E-state index >= 15 is 0 Å². The monoisotopic (exact) mass is 268 g/mol. The van der Waals surface area contributed by atoms with E-state index in [1.165, 1.54) is 18.6 Å². The van der Waals surface area contributed by atoms with Gasteiger partial charge in [-0.05, 0) is 36.4 Å². The molecule has 0 aliphatic carbocycles. The van der Waals surface area contributed by atoms with E-state index in [0.29, 0.717) is 12.2 Å². The summed E-state index contributed by atoms with van der Waals surface area (Å²) in [5.41, 5.74) is 6.15. The van der Waals surface area contributed by atoms with Gasteiger partial charge in [-0.15, -0.1) is 0 Å². The number of nitrogens with two attached hydrogens (primary N) is 1. The molecule has 0 aromatic heterocycles. The van der Waals surface area contributed by atoms with Crippen molar-refractivity contribution in [3.8, 4) is 5.75 Å². The zero-order chi connectivity index (χ0) is 13.2. The maximum atomic E-state index is 8.53. The molecule has 0 unspecified atom stereocenters. The molecule has 4 nitrogen and oxygen atoms in total. The predicted molar refractivity (Wildman–Crippen MR) is 76.7 cm³/mol. The van der Waals surface area contributed by atoms with E-state index in [1.54, 1.807) is 12.1 Å². The summed E-state index contributed by atoms with van der Waals surface area (Å²) in [7, 11) is 0. The lowest BCUT2D eigenvalue weighted by Crippen LogP contribution is -2.12. The van der Waals surface area contributed by atoms with Crippen molar-refractivity contribution in [3.63, 3.8) is 0 Å². The lowest BCUT2D eigenvalue weighted by molar-refractivity contribution is 0.318. The van der Waals surface area contributed by atoms with Crippen molar-refractivity contribution < 1.29 is 9.94 Å². The molecular formula is C13H20N2O2S. The Morgan fingerprint density at radius 1 is 1.33 bits per heavy atom. The maximum absolute atomic E-state index is 8.53. The highest BCUT2D eigenvalue weighted by Gasteiger charge is 1.99. The maximum Gasteiger partial charge on any atom is 0.170 e. The van der Waals surface area contributed by atoms with Crippen molar-refractivity contribution in [2.24, 2.45) is 10.9 Å². The van der Waals surface area contributed by atoms with Crippen molar-refractivity contribution in [2.75, 3.05) is 18.1 Å². The van der Waals surface area contributed by atoms with Crippen molar-refractivity contribution in [3.05, 3.63) is 29.8 Å². The van der Waals surface area contributed by atoms with Gasteiger partial charge in [-0.3, -0.25) is 0 Å². The van der Waals surface area contributed by atoms with Gasteiger partial charge in [-0.25, -0.2) is 0 Å². The van der Waals surface area contributed by atoms with E-state index in [2.05, 4.69) is 12.1 Å². The first-order valence-electron chi connectivity index (χ1n) is 6.06. The summed E-state index contributed by atoms with van der Waals surface area (Å²) in [6.45, 7) is 2.90. The van der Waals surface area contributed by atoms with E-state index in [0.717, 1.165) is 11.5 Å². The predicted octanol–water partition coefficient (Wildman–Crippen LogP) is 2.69. The second-order valence-corrected chi connectivity index (χ2v) is 5.05. The third kappa shape index (κ3) is 5.31. The summed E-state index contributed by atoms with van der Waals surface area (Å²) in [4.78, 5) is 0. The summed E-state index contributed by atoms with van der Waals surface area (Å²) in [6.07, 6.45) is 2.50. The number of unbranched alkanes of at least 4 members (excludes halogenated alkanes) is 1. The third-order valence-electron chi connectivity index (χ3n) is 2.40. The molecule has 1 rings (SSSR count). The molecule has 0 amide bonds. The van der Waals surface area contributed by atoms with Crippen LogP contribution in [0.5, 0.6) is 5.75 Å². The first kappa shape index (κ1) is 14.7. The van der Waals surface area contributed by atoms with Gasteiger partial charge in [0.15, 0.2) is 5.84 Å². The molecular weight excluding hydrogens is 248 g/mol. The van der Waals surface area contributed by atoms with Gasteiger partial charge >= 0.3 is 0 Å². The number of oxime groups is 1. The van der Waals surface area contributed by atoms with Crippen LogP contribution in [-0.2, 0) is 0 Å². The summed E-state index contributed by atoms with van der Waals surface area (Å²) >= 11 is 1.91. The molecule has 0 fully saturated rings. The zero-order valence-electron chi connectivity index (χ0n) is 10.6. The first-order chi connectivity index (χ1) is 8.77. The quantitative estimate of drug-likeness (QED) is 0.250. The molecule has 0 heterocycles. The molecule has 5 heteroatoms. The fourth-order valence-electron chi connectivity index (χ4n) is 1.35. The third-order valence-corrected chi connectivity index (χ3v) is 3.43. The summed E-state index contributed by atoms with van der Waals surface area (Å²) in [5.74, 6) is 3.11. The van der Waals surface area contributed by atoms with Crippen molar-refractivity contribution in [2.45, 2.75) is 19.8 Å². The average Bonchev–Trinajstić information content (AvgIpc) is 2.42. The van der Waals surface area contributed by atoms with Gasteiger partial charge in [0.25, 0.3) is 0 Å². The minimum Gasteiger partial charge on any atom is -0.493 e. The highest BCUT2D eigenvalue weighted by Crippen LogP contribution is 2.13. The summed E-state index contributed by atoms with van der Waals surface area (Å²) in [6, 6.07) is 7.19. The highest BCUT2D eigenvalue weighted by atomic mass is 32.2. The Labute approximate surface area is 112 Å². The van der Waals surface area contributed by atoms with Crippen LogP contribution in [0.3, 0.4) is 0 Å². The minimum absolute atomic E-state index is 0.108. The van der Waals surface area contributed by atoms with Crippen LogP contribution < -0.4 is 10.5 Å². The lowest BCUT2D eigenvalue weighted by Gasteiger charge is -2.06. The number of thioether (sulfide) groups is 1. The Morgan fingerprint density at radius 3 is 2.67 bits per heavy atom. The van der Waals surface area contributed by atoms with E-state index in [4.69, 9.17) is 15.7 Å². The Hall–Kier alpha value is -1.36. The highest BCUT2D eigenvalue weighted by molar-refractivity contribution is 7.99. The molecule has 3 N–H and O–H groups in total. The second-order valence-electron chi connectivity index (χ2n) is 3.82. The number of nitrogens with zero attached hydrogens (tertiary/aromatic N) is 1. The smallest absolute Gasteiger partial charge is 0.170 e. The van der Waals surface area contributed by atoms with Crippen LogP contribution in [-0.4, -0.2) is 29.2 Å². The number of hydrogen-bond acceptors (Lipinski definition) is 4. The molecule has 0 spiro atoms. The van der Waals surface area contributed by atoms with Crippen LogP contribution in [0, 0.1) is 0 Å². The van der Waals surface area contributed by atoms with E-state index in [1.807, 2.05) is 23.9 Å². The van der Waals surface area contributed by atoms with Crippen LogP contribution in [0.4, 0.5) is 0 Å². The molecule has 0 aliphatic rings. The number of ether oxygens (including phenoxy) is 1. The molecule has 0 radical (unpaired) electrons. The Kier molecular flexibility index (Phi) is 7.10. The molecule has 0 saturated heterocycles. The SMILES string of the molecule is CCCCSCCOc1ccc(/C(N)=N/O)cc1. The molecule has 18 heavy (non-hydrogen) atoms. The summed E-state index contributed by atoms with van der Waals surface area (Å²) < 4.78 is 5.59. The molecule has 0 aliphatic heterocycles. The van der Waals surface area contributed by atoms with Crippen LogP contribution in [0.2, 0.25) is 0 Å². The number of rotatable bonds is 8. The van der Waals surface area contributed by atoms with Gasteiger partial charge in [0, 0.05) is 11.3 Å². The molecule has 0 saturated carbocycles. The molecule has 0 atom stereocenters. The normalized spacial score (nSPS) is 11.5. The van der Waals surface area contributed by atoms with Gasteiger partial charge in [0.1, 0.15) is 5.75 Å². The topological polar surface area (TPSA) is 67.8 Å². The Balaban J connectivity index is 2.27. The second kappa shape index (κ2) is 8.69. The Morgan fingerprint density at radius 2 is 2.06 bits per heavy atom. The van der Waals surface area contributed by atoms with Gasteiger partial charge in [0.05, 0.1) is 6.61 Å². The average molecular weight is 268 g/mol. The number of amidine groups is 1. The summed E-state index contributed by atoms with van der Waals surface area (Å²) in [5, 5.41) is 11.5. The van der Waals surface area contributed by atoms with E-state index in [-0.39, 0.29) is 5.84 Å². The minimum atomic E-state index is 0.108. The van der Waals surface area contributed by atoms with Gasteiger partial charge in [0.2, 0.25) is 0 Å². The zero-order valence-corrected chi connectivity index (χ0v) is 11.4. The molecule has 0 bridgehead atoms. The van der Waals surface area contributed by atoms with Crippen molar-refractivity contribution in [1.82, 2.24) is 0 Å². The van der Waals surface area contributed by atoms with E-state index < -0.39 is 0 Å². The standard InChI is InChI=1S/C13H20N2O2S/c1-2-3-9-18-10-8-17-12-6-4-11(5-7-12)13(14)15-16/h4-7,16H,2-3,8-10H2,1H3,(H2,14,15). The number of benzene rings is 1. The Bertz CT molecular complexity index is 366. The van der Waals surface area contributed by atoms with E-state index in [9.17, 15) is 0 Å². The van der Waals surface area contributed by atoms with Gasteiger partial charge in [-0.2, -0.15) is 11.8 Å². The van der Waals surface area contributed by atoms with Crippen LogP contribution in [0.1, 0.15) is 25.3 Å². The van der Waals surface area contributed by atoms with Crippen molar-refractivity contribution in [1.29, 1.82) is 0 Å². The first-order valence-corrected chi connectivity index (χ1v) is 7.22. The van der Waals surface area contributed by atoms with Gasteiger partial charge in [-0.1, -0.05) is 18.5 Å². The van der Waals surface area contributed by atoms with Crippen LogP contribution >= 0.6 is 11.8 Å². The fraction of sp³-hybridized carbons (Fsp3) is 0.462. The molecule has 1 aromatic rings. The molecule has 1 aromatic carbocycles. The molecule has 100 valence electrons. The lowest BCUT2D eigenvalue weighted by atomic mass is 10.2. The number of hydrogen-bond donors (Lipinski definition) is 2. The largest absolute Gasteiger partial charge is 0.493 e. The van der Waals surface area contributed by atoms with Gasteiger partial charge < -0.3 is 15.7 Å². The fourth-order valence-corrected chi connectivity index (χ4v) is 2.24. The van der Waals surface area contributed by atoms with Crippen LogP contribution in [0.15, 0.2) is 29.4 Å².